The minimum absolute atomic E-state index is 0.0670. The Kier molecular flexibility index (Phi) is 4.06. The minimum atomic E-state index is -0.394. The van der Waals surface area contributed by atoms with Crippen molar-refractivity contribution in [3.63, 3.8) is 0 Å². The van der Waals surface area contributed by atoms with Gasteiger partial charge in [0, 0.05) is 29.6 Å². The Morgan fingerprint density at radius 3 is 3.06 bits per heavy atom. The number of thiazole rings is 1. The molecule has 1 aromatic heterocycles. The van der Waals surface area contributed by atoms with Crippen LogP contribution < -0.4 is 10.6 Å². The molecule has 1 saturated heterocycles. The van der Waals surface area contributed by atoms with Gasteiger partial charge in [-0.25, -0.2) is 4.98 Å². The summed E-state index contributed by atoms with van der Waals surface area (Å²) in [6.45, 7) is 4.87. The van der Waals surface area contributed by atoms with E-state index < -0.39 is 5.54 Å². The number of hydrogen-bond acceptors (Lipinski definition) is 5. The molecule has 2 heterocycles. The van der Waals surface area contributed by atoms with E-state index in [-0.39, 0.29) is 11.9 Å². The molecule has 1 aliphatic rings. The smallest absolute Gasteiger partial charge is 0.238 e. The van der Waals surface area contributed by atoms with Gasteiger partial charge in [-0.3, -0.25) is 4.79 Å². The van der Waals surface area contributed by atoms with E-state index in [4.69, 9.17) is 0 Å². The summed E-state index contributed by atoms with van der Waals surface area (Å²) in [5, 5.41) is 9.17. The van der Waals surface area contributed by atoms with Crippen LogP contribution in [0.4, 0.5) is 0 Å². The summed E-state index contributed by atoms with van der Waals surface area (Å²) in [6, 6.07) is -0.0759. The second-order valence-corrected chi connectivity index (χ2v) is 6.58. The lowest BCUT2D eigenvalue weighted by atomic mass is 10.1. The average molecular weight is 271 g/mol. The van der Waals surface area contributed by atoms with Crippen molar-refractivity contribution in [1.29, 1.82) is 0 Å². The Bertz CT molecular complexity index is 372. The van der Waals surface area contributed by atoms with Crippen LogP contribution in [0.5, 0.6) is 0 Å². The summed E-state index contributed by atoms with van der Waals surface area (Å²) in [7, 11) is 0. The highest BCUT2D eigenvalue weighted by molar-refractivity contribution is 7.99. The van der Waals surface area contributed by atoms with Crippen molar-refractivity contribution in [3.05, 3.63) is 16.6 Å². The highest BCUT2D eigenvalue weighted by Gasteiger charge is 2.29. The van der Waals surface area contributed by atoms with Gasteiger partial charge < -0.3 is 10.6 Å². The van der Waals surface area contributed by atoms with Crippen LogP contribution in [0, 0.1) is 0 Å². The zero-order valence-electron chi connectivity index (χ0n) is 10.0. The second kappa shape index (κ2) is 5.37. The van der Waals surface area contributed by atoms with Gasteiger partial charge in [-0.05, 0) is 13.8 Å². The third-order valence-corrected chi connectivity index (χ3v) is 4.80. The second-order valence-electron chi connectivity index (χ2n) is 4.53. The highest BCUT2D eigenvalue weighted by atomic mass is 32.2. The molecule has 1 aliphatic heterocycles. The molecular weight excluding hydrogens is 254 g/mol. The van der Waals surface area contributed by atoms with Crippen LogP contribution in [0.1, 0.15) is 18.9 Å². The summed E-state index contributed by atoms with van der Waals surface area (Å²) in [4.78, 5) is 16.4. The molecular formula is C11H17N3OS2. The van der Waals surface area contributed by atoms with Crippen LogP contribution in [0.3, 0.4) is 0 Å². The normalized spacial score (nSPS) is 21.2. The van der Waals surface area contributed by atoms with Gasteiger partial charge >= 0.3 is 0 Å². The van der Waals surface area contributed by atoms with Crippen LogP contribution in [-0.2, 0) is 10.3 Å². The first-order chi connectivity index (χ1) is 8.09. The number of amides is 1. The fourth-order valence-corrected chi connectivity index (χ4v) is 3.37. The maximum atomic E-state index is 12.1. The first-order valence-corrected chi connectivity index (χ1v) is 7.66. The van der Waals surface area contributed by atoms with Crippen molar-refractivity contribution in [3.8, 4) is 0 Å². The van der Waals surface area contributed by atoms with Gasteiger partial charge in [-0.2, -0.15) is 11.8 Å². The van der Waals surface area contributed by atoms with Gasteiger partial charge in [-0.15, -0.1) is 11.3 Å². The van der Waals surface area contributed by atoms with Gasteiger partial charge in [0.1, 0.15) is 5.01 Å². The van der Waals surface area contributed by atoms with Crippen molar-refractivity contribution in [2.75, 3.05) is 18.1 Å². The number of aromatic nitrogens is 1. The van der Waals surface area contributed by atoms with Gasteiger partial charge in [0.15, 0.2) is 0 Å². The van der Waals surface area contributed by atoms with Crippen molar-refractivity contribution < 1.29 is 4.79 Å². The van der Waals surface area contributed by atoms with E-state index in [9.17, 15) is 4.79 Å². The zero-order chi connectivity index (χ0) is 12.3. The summed E-state index contributed by atoms with van der Waals surface area (Å²) in [5.41, 5.74) is -0.394. The summed E-state index contributed by atoms with van der Waals surface area (Å²) in [6.07, 6.45) is 1.77. The number of hydrogen-bond donors (Lipinski definition) is 2. The summed E-state index contributed by atoms with van der Waals surface area (Å²) < 4.78 is 0. The van der Waals surface area contributed by atoms with Crippen LogP contribution in [0.2, 0.25) is 0 Å². The van der Waals surface area contributed by atoms with E-state index in [1.165, 1.54) is 0 Å². The highest BCUT2D eigenvalue weighted by Crippen LogP contribution is 2.22. The molecule has 0 radical (unpaired) electrons. The molecule has 1 amide bonds. The number of nitrogens with one attached hydrogen (secondary N) is 2. The third-order valence-electron chi connectivity index (χ3n) is 2.64. The molecule has 0 aromatic carbocycles. The van der Waals surface area contributed by atoms with Crippen molar-refractivity contribution >= 4 is 29.0 Å². The minimum Gasteiger partial charge on any atom is -0.343 e. The van der Waals surface area contributed by atoms with Crippen molar-refractivity contribution in [1.82, 2.24) is 15.6 Å². The Hall–Kier alpha value is -0.590. The number of thioether (sulfide) groups is 1. The van der Waals surface area contributed by atoms with E-state index in [1.807, 2.05) is 31.0 Å². The molecule has 94 valence electrons. The molecule has 1 atom stereocenters. The molecule has 1 aromatic rings. The molecule has 6 heteroatoms. The maximum Gasteiger partial charge on any atom is 0.238 e. The fourth-order valence-electron chi connectivity index (χ4n) is 1.71. The SMILES string of the molecule is CC(C)(NC(=O)C1CSCCN1)c1nccs1. The van der Waals surface area contributed by atoms with E-state index in [1.54, 1.807) is 17.5 Å². The predicted octanol–water partition coefficient (Wildman–Crippen LogP) is 1.20. The molecule has 0 spiro atoms. The first-order valence-electron chi connectivity index (χ1n) is 5.63. The first kappa shape index (κ1) is 12.9. The Morgan fingerprint density at radius 2 is 2.47 bits per heavy atom. The molecule has 17 heavy (non-hydrogen) atoms. The Balaban J connectivity index is 1.97. The van der Waals surface area contributed by atoms with Crippen LogP contribution in [0.15, 0.2) is 11.6 Å². The van der Waals surface area contributed by atoms with E-state index in [0.717, 1.165) is 23.1 Å². The van der Waals surface area contributed by atoms with Crippen LogP contribution in [0.25, 0.3) is 0 Å². The molecule has 0 aliphatic carbocycles. The summed E-state index contributed by atoms with van der Waals surface area (Å²) >= 11 is 3.39. The quantitative estimate of drug-likeness (QED) is 0.867. The topological polar surface area (TPSA) is 54.0 Å². The lowest BCUT2D eigenvalue weighted by molar-refractivity contribution is -0.124. The van der Waals surface area contributed by atoms with Gasteiger partial charge in [-0.1, -0.05) is 0 Å². The zero-order valence-corrected chi connectivity index (χ0v) is 11.7. The number of rotatable bonds is 3. The number of carbonyl (C=O) groups excluding carboxylic acids is 1. The Labute approximate surface area is 110 Å². The van der Waals surface area contributed by atoms with Crippen molar-refractivity contribution in [2.24, 2.45) is 0 Å². The van der Waals surface area contributed by atoms with Gasteiger partial charge in [0.2, 0.25) is 5.91 Å². The summed E-state index contributed by atoms with van der Waals surface area (Å²) in [5.74, 6) is 2.00. The van der Waals surface area contributed by atoms with E-state index in [0.29, 0.717) is 0 Å². The third kappa shape index (κ3) is 3.20. The molecule has 2 rings (SSSR count). The average Bonchev–Trinajstić information content (AvgIpc) is 2.84. The fraction of sp³-hybridized carbons (Fsp3) is 0.636. The number of nitrogens with zero attached hydrogens (tertiary/aromatic N) is 1. The molecule has 2 N–H and O–H groups in total. The molecule has 0 saturated carbocycles. The largest absolute Gasteiger partial charge is 0.343 e. The molecule has 1 fully saturated rings. The van der Waals surface area contributed by atoms with Crippen LogP contribution >= 0.6 is 23.1 Å². The van der Waals surface area contributed by atoms with Gasteiger partial charge in [0.05, 0.1) is 11.6 Å². The lowest BCUT2D eigenvalue weighted by Gasteiger charge is -2.29. The van der Waals surface area contributed by atoms with Crippen molar-refractivity contribution in [2.45, 2.75) is 25.4 Å². The van der Waals surface area contributed by atoms with E-state index in [2.05, 4.69) is 15.6 Å². The lowest BCUT2D eigenvalue weighted by Crippen LogP contribution is -2.53. The molecule has 0 bridgehead atoms. The number of carbonyl (C=O) groups is 1. The maximum absolute atomic E-state index is 12.1. The van der Waals surface area contributed by atoms with Gasteiger partial charge in [0.25, 0.3) is 0 Å². The van der Waals surface area contributed by atoms with Crippen LogP contribution in [-0.4, -0.2) is 35.0 Å². The Morgan fingerprint density at radius 1 is 1.65 bits per heavy atom. The predicted molar refractivity (Wildman–Crippen MR) is 72.4 cm³/mol. The molecule has 1 unspecified atom stereocenters. The monoisotopic (exact) mass is 271 g/mol. The van der Waals surface area contributed by atoms with E-state index >= 15 is 0 Å². The standard InChI is InChI=1S/C11H17N3OS2/c1-11(2,10-13-4-6-17-10)14-9(15)8-7-16-5-3-12-8/h4,6,8,12H,3,5,7H2,1-2H3,(H,14,15). The molecule has 4 nitrogen and oxygen atoms in total.